The van der Waals surface area contributed by atoms with Crippen molar-refractivity contribution in [3.05, 3.63) is 0 Å². The summed E-state index contributed by atoms with van der Waals surface area (Å²) in [5, 5.41) is 177. The predicted octanol–water partition coefficient (Wildman–Crippen LogP) is -47.2. The Morgan fingerprint density at radius 1 is 0.222 bits per heavy atom. The molecule has 0 saturated carbocycles. The maximum Gasteiger partial charge on any atom is 2.00 e. The molecule has 21 nitrogen and oxygen atoms in total. The molecule has 202 valence electrons. The van der Waals surface area contributed by atoms with Crippen LogP contribution in [0.1, 0.15) is 0 Å². The summed E-state index contributed by atoms with van der Waals surface area (Å²) in [4.78, 5) is 0. The standard InChI is InChI=1S/7BO3.12Ba.4FH.Na/c7*2-1(3)4;;;;;;;;;;;;;;;;;/h;;;;;;;;;;;;;;;;;;;4*1H;/q2*-4;5*-3;12*+2;;;;;+1/p-4. The Morgan fingerprint density at radius 3 is 0.222 bits per heavy atom. The van der Waals surface area contributed by atoms with E-state index in [-0.39, 0.29) is 635 Å². The second-order valence-electron chi connectivity index (χ2n) is 2.02. The Labute approximate surface area is 764 Å². The average molecular weight is 2160 g/mol. The van der Waals surface area contributed by atoms with Crippen molar-refractivity contribution in [3.8, 4) is 0 Å². The summed E-state index contributed by atoms with van der Waals surface area (Å²) in [7, 11) is -20.4. The Bertz CT molecular complexity index is 176. The molecule has 2 radical (unpaired) electrons. The van der Waals surface area contributed by atoms with Crippen LogP contribution >= 0.6 is 0 Å². The van der Waals surface area contributed by atoms with Gasteiger partial charge in [-0.15, -0.1) is 0 Å². The first-order chi connectivity index (χ1) is 12.1. The molecule has 0 bridgehead atoms. The van der Waals surface area contributed by atoms with Crippen LogP contribution in [-0.4, -0.2) is 638 Å². The van der Waals surface area contributed by atoms with Gasteiger partial charge in [0.25, 0.3) is 0 Å². The van der Waals surface area contributed by atoms with E-state index in [1.165, 1.54) is 0 Å². The van der Waals surface area contributed by atoms with Crippen LogP contribution in [0.25, 0.3) is 0 Å². The number of hydrogen-bond acceptors (Lipinski definition) is 21. The van der Waals surface area contributed by atoms with Gasteiger partial charge in [-0.05, 0) is 0 Å². The van der Waals surface area contributed by atoms with Crippen LogP contribution in [0.15, 0.2) is 0 Å². The smallest absolute Gasteiger partial charge is 1.08 e. The van der Waals surface area contributed by atoms with Gasteiger partial charge in [-0.25, -0.2) is 0 Å². The minimum absolute atomic E-state index is 0. The maximum atomic E-state index is 8.42. The van der Waals surface area contributed by atoms with Gasteiger partial charge >= 0.3 is 616 Å². The van der Waals surface area contributed by atoms with Crippen molar-refractivity contribution in [2.24, 2.45) is 0 Å². The maximum absolute atomic E-state index is 8.42. The van der Waals surface area contributed by atoms with Crippen LogP contribution in [0.3, 0.4) is 0 Å². The molecule has 0 spiro atoms. The van der Waals surface area contributed by atoms with E-state index < -0.39 is 51.2 Å². The third kappa shape index (κ3) is 642. The van der Waals surface area contributed by atoms with Gasteiger partial charge in [-0.2, -0.15) is 0 Å². The van der Waals surface area contributed by atoms with Crippen molar-refractivity contribution in [3.63, 3.8) is 0 Å². The number of hydrogen-bond donors (Lipinski definition) is 0. The molecule has 0 rings (SSSR count). The topological polar surface area (TPSA) is 484 Å². The molecule has 0 N–H and O–H groups in total. The molecule has 0 aromatic heterocycles. The second kappa shape index (κ2) is 151. The van der Waals surface area contributed by atoms with E-state index >= 15 is 0 Å². The minimum Gasteiger partial charge on any atom is -1.08 e. The molecule has 0 aliphatic heterocycles. The van der Waals surface area contributed by atoms with E-state index in [0.29, 0.717) is 0 Å². The first-order valence-electron chi connectivity index (χ1n) is 4.95. The SMILES string of the molecule is [Ba+2].[Ba+2].[Ba+2].[Ba+2].[Ba+2].[Ba+2].[Ba+2].[Ba+2].[Ba+2].[Ba+2].[Ba+2].[Ba+2].[F-].[F-].[F-].[F-].[Na+].[O-]B([O-])[O-].[O-]B([O-])[O-].[O-]B([O-])[O-].[O-]B([O-])[O-].[O-]B([O-])[O-].[O-][B-]([O-])[O-].[O-][B-]([O-])[O-]. The molecular formula is B7Ba12F4NaO21-2. The van der Waals surface area contributed by atoms with Gasteiger partial charge in [0, 0.05) is 0 Å². The van der Waals surface area contributed by atoms with Crippen molar-refractivity contribution in [1.82, 2.24) is 0 Å². The molecule has 0 amide bonds. The summed E-state index contributed by atoms with van der Waals surface area (Å²) in [5.74, 6) is 0. The number of halogens is 4. The predicted molar refractivity (Wildman–Crippen MR) is 109 cm³/mol. The van der Waals surface area contributed by atoms with Gasteiger partial charge in [0.05, 0.1) is 0 Å². The Kier molecular flexibility index (Phi) is 534. The number of rotatable bonds is 0. The van der Waals surface area contributed by atoms with Gasteiger partial charge < -0.3 is 139 Å². The largest absolute Gasteiger partial charge is 2.00 e. The third-order valence-electron chi connectivity index (χ3n) is 0. The monoisotopic (exact) mass is 2170 g/mol. The van der Waals surface area contributed by atoms with E-state index in [4.69, 9.17) is 106 Å². The van der Waals surface area contributed by atoms with E-state index in [9.17, 15) is 0 Å². The first kappa shape index (κ1) is 159. The van der Waals surface area contributed by atoms with Crippen molar-refractivity contribution in [2.75, 3.05) is 0 Å². The van der Waals surface area contributed by atoms with E-state index in [0.717, 1.165) is 0 Å². The molecule has 0 saturated heterocycles. The van der Waals surface area contributed by atoms with Gasteiger partial charge in [0.2, 0.25) is 0 Å². The van der Waals surface area contributed by atoms with Crippen molar-refractivity contribution < 1.29 is 154 Å². The summed E-state index contributed by atoms with van der Waals surface area (Å²) in [6.45, 7) is 0. The van der Waals surface area contributed by atoms with Crippen LogP contribution in [-0.2, 0) is 0 Å². The second-order valence-corrected chi connectivity index (χ2v) is 2.02. The molecule has 0 aromatic rings. The van der Waals surface area contributed by atoms with Crippen LogP contribution in [0.4, 0.5) is 0 Å². The Morgan fingerprint density at radius 2 is 0.222 bits per heavy atom. The quantitative estimate of drug-likeness (QED) is 0.160. The first-order valence-corrected chi connectivity index (χ1v) is 4.95. The molecule has 0 aromatic carbocycles. The zero-order valence-corrected chi connectivity index (χ0v) is 78.9. The fraction of sp³-hybridized carbons (Fsp3) is 0. The summed E-state index contributed by atoms with van der Waals surface area (Å²) in [6, 6.07) is 0. The molecule has 0 aliphatic carbocycles. The molecule has 0 heterocycles. The Balaban J connectivity index is -0.00000000489. The molecule has 0 atom stereocenters. The summed E-state index contributed by atoms with van der Waals surface area (Å²) in [5.41, 5.74) is 0. The van der Waals surface area contributed by atoms with Gasteiger partial charge in [-0.3, -0.25) is 36.6 Å². The molecule has 45 heavy (non-hydrogen) atoms. The average Bonchev–Trinajstić information content (AvgIpc) is 2.20. The van der Waals surface area contributed by atoms with Crippen molar-refractivity contribution in [2.45, 2.75) is 0 Å². The summed E-state index contributed by atoms with van der Waals surface area (Å²) < 4.78 is 0. The van der Waals surface area contributed by atoms with Crippen LogP contribution < -0.4 is 154 Å². The zero-order valence-electron chi connectivity index (χ0n) is 23.6. The fourth-order valence-corrected chi connectivity index (χ4v) is 0. The van der Waals surface area contributed by atoms with Crippen LogP contribution in [0.2, 0.25) is 0 Å². The van der Waals surface area contributed by atoms with Crippen LogP contribution in [0.5, 0.6) is 0 Å². The fourth-order valence-electron chi connectivity index (χ4n) is 0. The minimum atomic E-state index is -2.92. The molecule has 45 heteroatoms. The zero-order chi connectivity index (χ0) is 25.0. The van der Waals surface area contributed by atoms with Gasteiger partial charge in [0.15, 0.2) is 0 Å². The third-order valence-corrected chi connectivity index (χ3v) is 0. The molecule has 0 unspecified atom stereocenters. The molecular weight excluding hydrogens is 2160 g/mol. The van der Waals surface area contributed by atoms with E-state index in [1.807, 2.05) is 0 Å². The molecule has 0 fully saturated rings. The van der Waals surface area contributed by atoms with Gasteiger partial charge in [0.1, 0.15) is 0 Å². The summed E-state index contributed by atoms with van der Waals surface area (Å²) in [6.07, 6.45) is 0. The van der Waals surface area contributed by atoms with E-state index in [1.54, 1.807) is 0 Å². The Hall–Kier alpha value is 19.2. The normalized spacial score (nSPS) is 4.60. The van der Waals surface area contributed by atoms with Gasteiger partial charge in [-0.1, -0.05) is 0 Å². The van der Waals surface area contributed by atoms with Crippen molar-refractivity contribution in [1.29, 1.82) is 0 Å². The van der Waals surface area contributed by atoms with Crippen LogP contribution in [0, 0.1) is 0 Å². The van der Waals surface area contributed by atoms with E-state index in [2.05, 4.69) is 0 Å². The van der Waals surface area contributed by atoms with Crippen molar-refractivity contribution >= 4 is 638 Å². The molecule has 0 aliphatic rings. The summed E-state index contributed by atoms with van der Waals surface area (Å²) >= 11 is 0.